The van der Waals surface area contributed by atoms with Crippen molar-refractivity contribution in [2.45, 2.75) is 11.2 Å². The minimum atomic E-state index is -0.484. The van der Waals surface area contributed by atoms with Crippen molar-refractivity contribution in [3.05, 3.63) is 57.8 Å². The van der Waals surface area contributed by atoms with Crippen LogP contribution in [0.25, 0.3) is 9.40 Å². The third-order valence-electron chi connectivity index (χ3n) is 2.91. The first kappa shape index (κ1) is 13.2. The highest BCUT2D eigenvalue weighted by atomic mass is 79.9. The molecule has 0 N–H and O–H groups in total. The molecule has 0 aliphatic rings. The largest absolute Gasteiger partial charge is 0.207 e. The molecule has 0 saturated heterocycles. The SMILES string of the molecule is Fc1cccc(F)c1CC(Br)c1cc2sccc2s1. The molecule has 2 aromatic heterocycles. The third-order valence-corrected chi connectivity index (χ3v) is 6.24. The summed E-state index contributed by atoms with van der Waals surface area (Å²) in [5.74, 6) is -0.967. The van der Waals surface area contributed by atoms with Crippen LogP contribution >= 0.6 is 38.6 Å². The molecule has 0 nitrogen and oxygen atoms in total. The van der Waals surface area contributed by atoms with Gasteiger partial charge in [0.1, 0.15) is 11.6 Å². The van der Waals surface area contributed by atoms with Crippen LogP contribution in [0.2, 0.25) is 0 Å². The van der Waals surface area contributed by atoms with E-state index in [-0.39, 0.29) is 10.4 Å². The Morgan fingerprint density at radius 1 is 1.11 bits per heavy atom. The average Bonchev–Trinajstić information content (AvgIpc) is 2.94. The van der Waals surface area contributed by atoms with E-state index in [0.717, 1.165) is 4.88 Å². The predicted octanol–water partition coefficient (Wildman–Crippen LogP) is 5.92. The maximum Gasteiger partial charge on any atom is 0.129 e. The first-order valence-electron chi connectivity index (χ1n) is 5.69. The van der Waals surface area contributed by atoms with E-state index in [9.17, 15) is 8.78 Å². The number of benzene rings is 1. The van der Waals surface area contributed by atoms with Crippen molar-refractivity contribution in [3.8, 4) is 0 Å². The fraction of sp³-hybridized carbons (Fsp3) is 0.143. The van der Waals surface area contributed by atoms with Crippen molar-refractivity contribution < 1.29 is 8.78 Å². The molecular weight excluding hydrogens is 350 g/mol. The lowest BCUT2D eigenvalue weighted by atomic mass is 10.1. The van der Waals surface area contributed by atoms with Crippen molar-refractivity contribution in [3.63, 3.8) is 0 Å². The molecule has 1 aromatic carbocycles. The standard InChI is InChI=1S/C14H9BrF2S2/c15-9(6-8-10(16)2-1-3-11(8)17)13-7-14-12(19-13)4-5-18-14/h1-5,7,9H,6H2. The number of fused-ring (bicyclic) bond motifs is 1. The highest BCUT2D eigenvalue weighted by molar-refractivity contribution is 9.09. The van der Waals surface area contributed by atoms with Crippen molar-refractivity contribution in [2.24, 2.45) is 0 Å². The number of hydrogen-bond acceptors (Lipinski definition) is 2. The average molecular weight is 359 g/mol. The Kier molecular flexibility index (Phi) is 3.69. The topological polar surface area (TPSA) is 0 Å². The molecule has 0 bridgehead atoms. The van der Waals surface area contributed by atoms with Gasteiger partial charge < -0.3 is 0 Å². The van der Waals surface area contributed by atoms with Gasteiger partial charge in [-0.2, -0.15) is 0 Å². The summed E-state index contributed by atoms with van der Waals surface area (Å²) < 4.78 is 29.7. The smallest absolute Gasteiger partial charge is 0.129 e. The van der Waals surface area contributed by atoms with Crippen molar-refractivity contribution in [1.29, 1.82) is 0 Å². The lowest BCUT2D eigenvalue weighted by molar-refractivity contribution is 0.554. The van der Waals surface area contributed by atoms with Gasteiger partial charge in [0.25, 0.3) is 0 Å². The van der Waals surface area contributed by atoms with Crippen LogP contribution in [0.5, 0.6) is 0 Å². The third kappa shape index (κ3) is 2.59. The molecule has 19 heavy (non-hydrogen) atoms. The molecular formula is C14H9BrF2S2. The summed E-state index contributed by atoms with van der Waals surface area (Å²) >= 11 is 6.88. The molecule has 98 valence electrons. The van der Waals surface area contributed by atoms with Crippen molar-refractivity contribution >= 4 is 48.0 Å². The summed E-state index contributed by atoms with van der Waals surface area (Å²) in [4.78, 5) is 1.04. The van der Waals surface area contributed by atoms with E-state index in [1.165, 1.54) is 27.6 Å². The van der Waals surface area contributed by atoms with Gasteiger partial charge in [0.05, 0.1) is 4.83 Å². The molecule has 0 aliphatic heterocycles. The fourth-order valence-electron chi connectivity index (χ4n) is 1.95. The van der Waals surface area contributed by atoms with E-state index >= 15 is 0 Å². The molecule has 3 rings (SSSR count). The van der Waals surface area contributed by atoms with E-state index < -0.39 is 11.6 Å². The van der Waals surface area contributed by atoms with Crippen LogP contribution in [0.3, 0.4) is 0 Å². The highest BCUT2D eigenvalue weighted by Crippen LogP contribution is 2.38. The number of alkyl halides is 1. The number of hydrogen-bond donors (Lipinski definition) is 0. The molecule has 2 heterocycles. The quantitative estimate of drug-likeness (QED) is 0.509. The van der Waals surface area contributed by atoms with E-state index in [0.29, 0.717) is 6.42 Å². The minimum Gasteiger partial charge on any atom is -0.207 e. The van der Waals surface area contributed by atoms with Crippen LogP contribution in [0, 0.1) is 11.6 Å². The number of rotatable bonds is 3. The van der Waals surface area contributed by atoms with Crippen LogP contribution in [-0.4, -0.2) is 0 Å². The summed E-state index contributed by atoms with van der Waals surface area (Å²) in [6.07, 6.45) is 0.312. The van der Waals surface area contributed by atoms with Gasteiger partial charge in [0.2, 0.25) is 0 Å². The summed E-state index contributed by atoms with van der Waals surface area (Å²) in [7, 11) is 0. The van der Waals surface area contributed by atoms with E-state index in [4.69, 9.17) is 0 Å². The molecule has 0 amide bonds. The predicted molar refractivity (Wildman–Crippen MR) is 81.4 cm³/mol. The second kappa shape index (κ2) is 5.31. The fourth-order valence-corrected chi connectivity index (χ4v) is 4.78. The van der Waals surface area contributed by atoms with Crippen LogP contribution < -0.4 is 0 Å². The van der Waals surface area contributed by atoms with Gasteiger partial charge in [-0.05, 0) is 36.1 Å². The van der Waals surface area contributed by atoms with Gasteiger partial charge in [-0.3, -0.25) is 0 Å². The summed E-state index contributed by atoms with van der Waals surface area (Å²) in [5, 5.41) is 2.05. The molecule has 5 heteroatoms. The van der Waals surface area contributed by atoms with Gasteiger partial charge in [0.15, 0.2) is 0 Å². The molecule has 3 aromatic rings. The molecule has 0 spiro atoms. The highest BCUT2D eigenvalue weighted by Gasteiger charge is 2.17. The monoisotopic (exact) mass is 358 g/mol. The Morgan fingerprint density at radius 3 is 2.53 bits per heavy atom. The van der Waals surface area contributed by atoms with Crippen molar-refractivity contribution in [2.75, 3.05) is 0 Å². The lowest BCUT2D eigenvalue weighted by Crippen LogP contribution is -1.99. The molecule has 0 radical (unpaired) electrons. The van der Waals surface area contributed by atoms with Gasteiger partial charge >= 0.3 is 0 Å². The normalized spacial score (nSPS) is 13.0. The van der Waals surface area contributed by atoms with E-state index in [1.54, 1.807) is 22.7 Å². The molecule has 0 aliphatic carbocycles. The Labute approximate surface area is 125 Å². The van der Waals surface area contributed by atoms with E-state index in [2.05, 4.69) is 28.1 Å². The van der Waals surface area contributed by atoms with Gasteiger partial charge in [-0.25, -0.2) is 8.78 Å². The maximum absolute atomic E-state index is 13.6. The first-order chi connectivity index (χ1) is 9.15. The van der Waals surface area contributed by atoms with Gasteiger partial charge in [-0.1, -0.05) is 22.0 Å². The zero-order chi connectivity index (χ0) is 13.4. The number of halogens is 3. The Hall–Kier alpha value is -0.780. The second-order valence-electron chi connectivity index (χ2n) is 4.17. The Balaban J connectivity index is 1.88. The van der Waals surface area contributed by atoms with Crippen molar-refractivity contribution in [1.82, 2.24) is 0 Å². The summed E-state index contributed by atoms with van der Waals surface area (Å²) in [6.45, 7) is 0. The number of thiophene rings is 2. The van der Waals surface area contributed by atoms with Gasteiger partial charge in [0, 0.05) is 19.8 Å². The maximum atomic E-state index is 13.6. The van der Waals surface area contributed by atoms with Crippen LogP contribution in [0.1, 0.15) is 15.3 Å². The zero-order valence-corrected chi connectivity index (χ0v) is 12.9. The molecule has 1 atom stereocenters. The Bertz CT molecular complexity index is 668. The van der Waals surface area contributed by atoms with Crippen LogP contribution in [-0.2, 0) is 6.42 Å². The van der Waals surface area contributed by atoms with Crippen LogP contribution in [0.4, 0.5) is 8.78 Å². The summed E-state index contributed by atoms with van der Waals surface area (Å²) in [6, 6.07) is 8.13. The minimum absolute atomic E-state index is 0.0662. The summed E-state index contributed by atoms with van der Waals surface area (Å²) in [5.41, 5.74) is 0.140. The molecule has 0 saturated carbocycles. The first-order valence-corrected chi connectivity index (χ1v) is 8.30. The van der Waals surface area contributed by atoms with Crippen LogP contribution in [0.15, 0.2) is 35.7 Å². The lowest BCUT2D eigenvalue weighted by Gasteiger charge is -2.09. The Morgan fingerprint density at radius 2 is 1.84 bits per heavy atom. The second-order valence-corrected chi connectivity index (χ2v) is 7.34. The van der Waals surface area contributed by atoms with Gasteiger partial charge in [-0.15, -0.1) is 22.7 Å². The van der Waals surface area contributed by atoms with E-state index in [1.807, 2.05) is 5.38 Å². The molecule has 1 unspecified atom stereocenters. The zero-order valence-electron chi connectivity index (χ0n) is 9.70. The molecule has 0 fully saturated rings.